The number of hydrogen-bond acceptors (Lipinski definition) is 6. The van der Waals surface area contributed by atoms with E-state index in [4.69, 9.17) is 16.6 Å². The van der Waals surface area contributed by atoms with Crippen molar-refractivity contribution in [2.45, 2.75) is 26.8 Å². The van der Waals surface area contributed by atoms with Crippen LogP contribution in [0.2, 0.25) is 0 Å². The number of carbonyl (C=O) groups excluding carboxylic acids is 2. The fourth-order valence-corrected chi connectivity index (χ4v) is 3.37. The lowest BCUT2D eigenvalue weighted by Gasteiger charge is -2.30. The SMILES string of the molecule is Cc1ccc(/C=C2\SC(=S)N([C@H](C(=O)[O-])C(C)C)C2=O)o1. The number of carboxylic acids is 1. The first kappa shape index (κ1) is 15.8. The molecule has 0 spiro atoms. The van der Waals surface area contributed by atoms with Gasteiger partial charge in [-0.3, -0.25) is 9.69 Å². The van der Waals surface area contributed by atoms with Gasteiger partial charge in [-0.05, 0) is 25.0 Å². The molecule has 1 aromatic rings. The molecule has 1 aromatic heterocycles. The van der Waals surface area contributed by atoms with Gasteiger partial charge in [-0.1, -0.05) is 37.8 Å². The molecule has 0 aromatic carbocycles. The number of rotatable bonds is 4. The quantitative estimate of drug-likeness (QED) is 0.618. The predicted octanol–water partition coefficient (Wildman–Crippen LogP) is 1.56. The largest absolute Gasteiger partial charge is 0.548 e. The minimum absolute atomic E-state index is 0.220. The number of carboxylic acid groups (broad SMARTS) is 1. The average molecular weight is 324 g/mol. The predicted molar refractivity (Wildman–Crippen MR) is 82.1 cm³/mol. The maximum absolute atomic E-state index is 12.4. The molecule has 1 atom stereocenters. The normalized spacial score (nSPS) is 18.9. The molecule has 1 aliphatic heterocycles. The Bertz CT molecular complexity index is 633. The Morgan fingerprint density at radius 1 is 1.48 bits per heavy atom. The lowest BCUT2D eigenvalue weighted by atomic mass is 10.0. The Morgan fingerprint density at radius 2 is 2.14 bits per heavy atom. The summed E-state index contributed by atoms with van der Waals surface area (Å²) < 4.78 is 5.61. The van der Waals surface area contributed by atoms with Crippen molar-refractivity contribution in [2.24, 2.45) is 5.92 Å². The van der Waals surface area contributed by atoms with Gasteiger partial charge in [0.05, 0.1) is 16.9 Å². The molecule has 0 radical (unpaired) electrons. The highest BCUT2D eigenvalue weighted by Gasteiger charge is 2.39. The van der Waals surface area contributed by atoms with Crippen molar-refractivity contribution in [3.05, 3.63) is 28.6 Å². The van der Waals surface area contributed by atoms with E-state index in [0.29, 0.717) is 10.7 Å². The molecule has 112 valence electrons. The van der Waals surface area contributed by atoms with E-state index in [9.17, 15) is 14.7 Å². The van der Waals surface area contributed by atoms with Crippen LogP contribution in [0, 0.1) is 12.8 Å². The van der Waals surface area contributed by atoms with Crippen LogP contribution >= 0.6 is 24.0 Å². The number of nitrogens with zero attached hydrogens (tertiary/aromatic N) is 1. The first-order valence-electron chi connectivity index (χ1n) is 6.35. The Labute approximate surface area is 132 Å². The van der Waals surface area contributed by atoms with E-state index in [1.807, 2.05) is 0 Å². The maximum atomic E-state index is 12.4. The smallest absolute Gasteiger partial charge is 0.266 e. The highest BCUT2D eigenvalue weighted by atomic mass is 32.2. The lowest BCUT2D eigenvalue weighted by Crippen LogP contribution is -2.52. The van der Waals surface area contributed by atoms with Crippen LogP contribution in [0.5, 0.6) is 0 Å². The Hall–Kier alpha value is -1.60. The van der Waals surface area contributed by atoms with Crippen LogP contribution in [0.15, 0.2) is 21.5 Å². The van der Waals surface area contributed by atoms with Gasteiger partial charge < -0.3 is 14.3 Å². The van der Waals surface area contributed by atoms with Crippen molar-refractivity contribution in [3.8, 4) is 0 Å². The van der Waals surface area contributed by atoms with Gasteiger partial charge in [0.2, 0.25) is 0 Å². The molecular formula is C14H14NO4S2-. The summed E-state index contributed by atoms with van der Waals surface area (Å²) in [6, 6.07) is 2.45. The molecule has 2 heterocycles. The van der Waals surface area contributed by atoms with E-state index in [1.165, 1.54) is 0 Å². The summed E-state index contributed by atoms with van der Waals surface area (Å²) in [7, 11) is 0. The van der Waals surface area contributed by atoms with Crippen molar-refractivity contribution >= 4 is 46.3 Å². The minimum atomic E-state index is -1.31. The fraction of sp³-hybridized carbons (Fsp3) is 0.357. The molecule has 0 unspecified atom stereocenters. The number of amides is 1. The van der Waals surface area contributed by atoms with Gasteiger partial charge in [0, 0.05) is 6.08 Å². The summed E-state index contributed by atoms with van der Waals surface area (Å²) in [5, 5.41) is 11.3. The zero-order valence-electron chi connectivity index (χ0n) is 11.8. The monoisotopic (exact) mass is 324 g/mol. The third-order valence-corrected chi connectivity index (χ3v) is 4.34. The summed E-state index contributed by atoms with van der Waals surface area (Å²) in [6.45, 7) is 5.21. The molecule has 0 saturated carbocycles. The number of thiocarbonyl (C=S) groups is 1. The molecule has 1 aliphatic rings. The number of furan rings is 1. The topological polar surface area (TPSA) is 73.6 Å². The lowest BCUT2D eigenvalue weighted by molar-refractivity contribution is -0.311. The van der Waals surface area contributed by atoms with Crippen molar-refractivity contribution in [1.82, 2.24) is 4.90 Å². The summed E-state index contributed by atoms with van der Waals surface area (Å²) in [4.78, 5) is 25.1. The molecule has 0 N–H and O–H groups in total. The van der Waals surface area contributed by atoms with Gasteiger partial charge in [0.25, 0.3) is 5.91 Å². The van der Waals surface area contributed by atoms with Gasteiger partial charge in [-0.25, -0.2) is 0 Å². The van der Waals surface area contributed by atoms with Gasteiger partial charge in [-0.15, -0.1) is 0 Å². The number of hydrogen-bond donors (Lipinski definition) is 0. The van der Waals surface area contributed by atoms with E-state index in [-0.39, 0.29) is 10.2 Å². The number of aryl methyl sites for hydroxylation is 1. The highest BCUT2D eigenvalue weighted by molar-refractivity contribution is 8.26. The molecule has 5 nitrogen and oxygen atoms in total. The van der Waals surface area contributed by atoms with E-state index < -0.39 is 17.9 Å². The number of carbonyl (C=O) groups is 2. The summed E-state index contributed by atoms with van der Waals surface area (Å²) in [5.74, 6) is -0.782. The second-order valence-corrected chi connectivity index (χ2v) is 6.68. The fourth-order valence-electron chi connectivity index (χ4n) is 2.06. The Kier molecular flexibility index (Phi) is 4.53. The third kappa shape index (κ3) is 3.19. The second kappa shape index (κ2) is 6.03. The van der Waals surface area contributed by atoms with Crippen LogP contribution < -0.4 is 5.11 Å². The van der Waals surface area contributed by atoms with Crippen LogP contribution in [-0.4, -0.2) is 27.1 Å². The van der Waals surface area contributed by atoms with Crippen LogP contribution in [0.25, 0.3) is 6.08 Å². The van der Waals surface area contributed by atoms with Crippen molar-refractivity contribution in [3.63, 3.8) is 0 Å². The molecule has 21 heavy (non-hydrogen) atoms. The molecule has 1 saturated heterocycles. The zero-order chi connectivity index (χ0) is 15.7. The number of aliphatic carboxylic acids is 1. The van der Waals surface area contributed by atoms with E-state index in [0.717, 1.165) is 22.4 Å². The van der Waals surface area contributed by atoms with E-state index >= 15 is 0 Å². The maximum Gasteiger partial charge on any atom is 0.266 e. The molecule has 1 fully saturated rings. The molecule has 7 heteroatoms. The Balaban J connectivity index is 2.32. The van der Waals surface area contributed by atoms with Gasteiger partial charge >= 0.3 is 0 Å². The van der Waals surface area contributed by atoms with E-state index in [2.05, 4.69) is 0 Å². The zero-order valence-corrected chi connectivity index (χ0v) is 13.4. The summed E-state index contributed by atoms with van der Waals surface area (Å²) >= 11 is 6.20. The van der Waals surface area contributed by atoms with Crippen molar-refractivity contribution in [2.75, 3.05) is 0 Å². The summed E-state index contributed by atoms with van der Waals surface area (Å²) in [5.41, 5.74) is 0. The van der Waals surface area contributed by atoms with E-state index in [1.54, 1.807) is 39.0 Å². The standard InChI is InChI=1S/C14H15NO4S2/c1-7(2)11(13(17)18)15-12(16)10(21-14(15)20)6-9-5-4-8(3)19-9/h4-7,11H,1-3H3,(H,17,18)/p-1/b10-6-/t11-/m0/s1. The second-order valence-electron chi connectivity index (χ2n) is 5.01. The molecule has 0 aliphatic carbocycles. The van der Waals surface area contributed by atoms with Gasteiger partial charge in [0.1, 0.15) is 15.8 Å². The molecular weight excluding hydrogens is 310 g/mol. The Morgan fingerprint density at radius 3 is 2.62 bits per heavy atom. The van der Waals surface area contributed by atoms with Gasteiger partial charge in [-0.2, -0.15) is 0 Å². The van der Waals surface area contributed by atoms with Crippen LogP contribution in [0.1, 0.15) is 25.4 Å². The summed E-state index contributed by atoms with van der Waals surface area (Å²) in [6.07, 6.45) is 1.57. The molecule has 1 amide bonds. The molecule has 0 bridgehead atoms. The average Bonchev–Trinajstić information content (AvgIpc) is 2.88. The van der Waals surface area contributed by atoms with Crippen LogP contribution in [0.4, 0.5) is 0 Å². The first-order chi connectivity index (χ1) is 9.81. The van der Waals surface area contributed by atoms with Crippen molar-refractivity contribution < 1.29 is 19.1 Å². The van der Waals surface area contributed by atoms with Crippen molar-refractivity contribution in [1.29, 1.82) is 0 Å². The third-order valence-electron chi connectivity index (χ3n) is 3.01. The highest BCUT2D eigenvalue weighted by Crippen LogP contribution is 2.35. The van der Waals surface area contributed by atoms with Crippen LogP contribution in [-0.2, 0) is 9.59 Å². The van der Waals surface area contributed by atoms with Gasteiger partial charge in [0.15, 0.2) is 0 Å². The first-order valence-corrected chi connectivity index (χ1v) is 7.58. The molecule has 2 rings (SSSR count). The van der Waals surface area contributed by atoms with Crippen LogP contribution in [0.3, 0.4) is 0 Å². The minimum Gasteiger partial charge on any atom is -0.548 e. The number of thioether (sulfide) groups is 1.